The molecule has 3 aromatic rings. The molecule has 2 amide bonds. The van der Waals surface area contributed by atoms with Gasteiger partial charge in [0.05, 0.1) is 0 Å². The highest BCUT2D eigenvalue weighted by atomic mass is 16.2. The highest BCUT2D eigenvalue weighted by molar-refractivity contribution is 6.05. The number of aryl methyl sites for hydroxylation is 4. The minimum absolute atomic E-state index is 0.0252. The normalized spacial score (nSPS) is 10.6. The molecule has 8 nitrogen and oxygen atoms in total. The van der Waals surface area contributed by atoms with Crippen LogP contribution in [0.2, 0.25) is 0 Å². The first-order valence-electron chi connectivity index (χ1n) is 9.19. The Bertz CT molecular complexity index is 1090. The number of amides is 2. The summed E-state index contributed by atoms with van der Waals surface area (Å²) < 4.78 is 1.20. The van der Waals surface area contributed by atoms with Gasteiger partial charge in [-0.15, -0.1) is 5.10 Å². The molecule has 0 saturated carbocycles. The van der Waals surface area contributed by atoms with E-state index in [1.807, 2.05) is 58.0 Å². The van der Waals surface area contributed by atoms with Crippen LogP contribution in [-0.4, -0.2) is 26.8 Å². The number of hydrogen-bond donors (Lipinski definition) is 3. The second kappa shape index (κ2) is 8.14. The van der Waals surface area contributed by atoms with E-state index in [9.17, 15) is 9.59 Å². The lowest BCUT2D eigenvalue weighted by Gasteiger charge is -2.10. The maximum atomic E-state index is 12.5. The van der Waals surface area contributed by atoms with Crippen LogP contribution >= 0.6 is 0 Å². The van der Waals surface area contributed by atoms with E-state index in [0.717, 1.165) is 27.9 Å². The molecule has 1 aromatic heterocycles. The van der Waals surface area contributed by atoms with Gasteiger partial charge in [0.2, 0.25) is 5.91 Å². The summed E-state index contributed by atoms with van der Waals surface area (Å²) in [6, 6.07) is 11.4. The zero-order chi connectivity index (χ0) is 21.1. The van der Waals surface area contributed by atoms with Crippen molar-refractivity contribution in [2.45, 2.75) is 34.2 Å². The van der Waals surface area contributed by atoms with Crippen molar-refractivity contribution in [3.8, 4) is 0 Å². The minimum atomic E-state index is -0.480. The Morgan fingerprint density at radius 2 is 1.69 bits per heavy atom. The molecule has 0 aliphatic heterocycles. The predicted molar refractivity (Wildman–Crippen MR) is 113 cm³/mol. The highest BCUT2D eigenvalue weighted by Crippen LogP contribution is 2.18. The van der Waals surface area contributed by atoms with Crippen molar-refractivity contribution in [1.29, 1.82) is 0 Å². The fourth-order valence-electron chi connectivity index (χ4n) is 2.80. The SMILES string of the molecule is Cc1ccc(C)c(NC(=O)Cn2nnc(C(=O)Nc3ccc(C)c(C)c3)c2N)c1. The third kappa shape index (κ3) is 4.60. The first kappa shape index (κ1) is 20.1. The Morgan fingerprint density at radius 3 is 2.41 bits per heavy atom. The number of hydrogen-bond acceptors (Lipinski definition) is 5. The minimum Gasteiger partial charge on any atom is -0.382 e. The lowest BCUT2D eigenvalue weighted by atomic mass is 10.1. The second-order valence-electron chi connectivity index (χ2n) is 7.10. The number of nitrogen functional groups attached to an aromatic ring is 1. The number of nitrogens with one attached hydrogen (secondary N) is 2. The van der Waals surface area contributed by atoms with Crippen LogP contribution in [0.15, 0.2) is 36.4 Å². The van der Waals surface area contributed by atoms with E-state index in [4.69, 9.17) is 5.73 Å². The average molecular weight is 392 g/mol. The van der Waals surface area contributed by atoms with Gasteiger partial charge in [-0.3, -0.25) is 9.59 Å². The van der Waals surface area contributed by atoms with Crippen molar-refractivity contribution >= 4 is 29.0 Å². The van der Waals surface area contributed by atoms with Crippen LogP contribution in [-0.2, 0) is 11.3 Å². The van der Waals surface area contributed by atoms with Gasteiger partial charge in [0, 0.05) is 11.4 Å². The number of anilines is 3. The molecule has 2 aromatic carbocycles. The molecule has 0 unspecified atom stereocenters. The van der Waals surface area contributed by atoms with Gasteiger partial charge in [-0.05, 0) is 68.1 Å². The smallest absolute Gasteiger partial charge is 0.280 e. The molecule has 0 radical (unpaired) electrons. The van der Waals surface area contributed by atoms with Gasteiger partial charge in [-0.25, -0.2) is 4.68 Å². The molecule has 0 aliphatic rings. The van der Waals surface area contributed by atoms with Gasteiger partial charge in [-0.2, -0.15) is 0 Å². The Balaban J connectivity index is 1.69. The molecular formula is C21H24N6O2. The van der Waals surface area contributed by atoms with Crippen LogP contribution in [0.3, 0.4) is 0 Å². The standard InChI is InChI=1S/C21H24N6O2/c1-12-5-6-14(3)17(9-12)24-18(28)11-27-20(22)19(25-26-27)21(29)23-16-8-7-13(2)15(4)10-16/h5-10H,11,22H2,1-4H3,(H,23,29)(H,24,28). The van der Waals surface area contributed by atoms with Crippen molar-refractivity contribution in [3.63, 3.8) is 0 Å². The fraction of sp³-hybridized carbons (Fsp3) is 0.238. The zero-order valence-electron chi connectivity index (χ0n) is 16.9. The number of carbonyl (C=O) groups excluding carboxylic acids is 2. The van der Waals surface area contributed by atoms with Crippen LogP contribution in [0.25, 0.3) is 0 Å². The Morgan fingerprint density at radius 1 is 0.966 bits per heavy atom. The molecule has 1 heterocycles. The average Bonchev–Trinajstić information content (AvgIpc) is 3.02. The lowest BCUT2D eigenvalue weighted by molar-refractivity contribution is -0.116. The van der Waals surface area contributed by atoms with E-state index in [1.165, 1.54) is 4.68 Å². The molecule has 3 rings (SSSR count). The number of rotatable bonds is 5. The van der Waals surface area contributed by atoms with Crippen LogP contribution in [0.5, 0.6) is 0 Å². The van der Waals surface area contributed by atoms with E-state index < -0.39 is 5.91 Å². The van der Waals surface area contributed by atoms with E-state index >= 15 is 0 Å². The van der Waals surface area contributed by atoms with Gasteiger partial charge < -0.3 is 16.4 Å². The highest BCUT2D eigenvalue weighted by Gasteiger charge is 2.19. The summed E-state index contributed by atoms with van der Waals surface area (Å²) in [5.74, 6) is -0.759. The molecule has 0 bridgehead atoms. The topological polar surface area (TPSA) is 115 Å². The van der Waals surface area contributed by atoms with Crippen LogP contribution in [0.4, 0.5) is 17.2 Å². The van der Waals surface area contributed by atoms with Crippen molar-refractivity contribution in [1.82, 2.24) is 15.0 Å². The van der Waals surface area contributed by atoms with Gasteiger partial charge in [0.25, 0.3) is 5.91 Å². The summed E-state index contributed by atoms with van der Waals surface area (Å²) >= 11 is 0. The predicted octanol–water partition coefficient (Wildman–Crippen LogP) is 2.98. The fourth-order valence-corrected chi connectivity index (χ4v) is 2.80. The van der Waals surface area contributed by atoms with Gasteiger partial charge in [0.1, 0.15) is 6.54 Å². The Hall–Kier alpha value is -3.68. The largest absolute Gasteiger partial charge is 0.382 e. The number of nitrogens with zero attached hydrogens (tertiary/aromatic N) is 3. The van der Waals surface area contributed by atoms with Crippen molar-refractivity contribution in [3.05, 3.63) is 64.3 Å². The Labute approximate surface area is 169 Å². The maximum Gasteiger partial charge on any atom is 0.280 e. The summed E-state index contributed by atoms with van der Waals surface area (Å²) in [6.45, 7) is 7.67. The molecule has 0 aliphatic carbocycles. The van der Waals surface area contributed by atoms with Crippen molar-refractivity contribution < 1.29 is 9.59 Å². The van der Waals surface area contributed by atoms with Gasteiger partial charge in [-0.1, -0.05) is 23.4 Å². The number of aromatic nitrogens is 3. The summed E-state index contributed by atoms with van der Waals surface area (Å²) in [7, 11) is 0. The molecular weight excluding hydrogens is 368 g/mol. The molecule has 0 spiro atoms. The summed E-state index contributed by atoms with van der Waals surface area (Å²) in [5.41, 5.74) is 11.5. The van der Waals surface area contributed by atoms with Crippen molar-refractivity contribution in [2.24, 2.45) is 0 Å². The molecule has 29 heavy (non-hydrogen) atoms. The van der Waals surface area contributed by atoms with Crippen molar-refractivity contribution in [2.75, 3.05) is 16.4 Å². The second-order valence-corrected chi connectivity index (χ2v) is 7.10. The van der Waals surface area contributed by atoms with Crippen LogP contribution < -0.4 is 16.4 Å². The zero-order valence-corrected chi connectivity index (χ0v) is 16.9. The Kier molecular flexibility index (Phi) is 5.63. The molecule has 4 N–H and O–H groups in total. The van der Waals surface area contributed by atoms with Crippen LogP contribution in [0, 0.1) is 27.7 Å². The molecule has 0 fully saturated rings. The third-order valence-electron chi connectivity index (χ3n) is 4.71. The first-order valence-corrected chi connectivity index (χ1v) is 9.19. The quantitative estimate of drug-likeness (QED) is 0.617. The molecule has 0 saturated heterocycles. The summed E-state index contributed by atoms with van der Waals surface area (Å²) in [6.07, 6.45) is 0. The molecule has 0 atom stereocenters. The maximum absolute atomic E-state index is 12.5. The number of carbonyl (C=O) groups is 2. The first-order chi connectivity index (χ1) is 13.7. The van der Waals surface area contributed by atoms with E-state index in [-0.39, 0.29) is 24.0 Å². The monoisotopic (exact) mass is 392 g/mol. The van der Waals surface area contributed by atoms with Crippen LogP contribution in [0.1, 0.15) is 32.7 Å². The van der Waals surface area contributed by atoms with E-state index in [2.05, 4.69) is 20.9 Å². The number of benzene rings is 2. The summed E-state index contributed by atoms with van der Waals surface area (Å²) in [4.78, 5) is 24.9. The number of nitrogens with two attached hydrogens (primary N) is 1. The van der Waals surface area contributed by atoms with Gasteiger partial charge in [0.15, 0.2) is 11.5 Å². The molecule has 8 heteroatoms. The van der Waals surface area contributed by atoms with Gasteiger partial charge >= 0.3 is 0 Å². The lowest BCUT2D eigenvalue weighted by Crippen LogP contribution is -2.22. The van der Waals surface area contributed by atoms with E-state index in [1.54, 1.807) is 6.07 Å². The third-order valence-corrected chi connectivity index (χ3v) is 4.71. The van der Waals surface area contributed by atoms with E-state index in [0.29, 0.717) is 5.69 Å². The molecule has 150 valence electrons. The summed E-state index contributed by atoms with van der Waals surface area (Å²) in [5, 5.41) is 13.3.